The standard InChI is InChI=1S/C22H18FNO4S/c1-15(29(27,28)20-12-10-18(23)11-13-20)22(26)24-19-9-5-8-17(14-19)21(25)16-6-3-2-4-7-16/h2-15H,1H3,(H,24,26). The van der Waals surface area contributed by atoms with Crippen molar-refractivity contribution in [2.24, 2.45) is 0 Å². The van der Waals surface area contributed by atoms with Crippen molar-refractivity contribution in [2.45, 2.75) is 17.1 Å². The Morgan fingerprint density at radius 1 is 0.862 bits per heavy atom. The fourth-order valence-corrected chi connectivity index (χ4v) is 3.97. The van der Waals surface area contributed by atoms with E-state index in [1.54, 1.807) is 48.5 Å². The van der Waals surface area contributed by atoms with Crippen LogP contribution in [0.15, 0.2) is 83.8 Å². The van der Waals surface area contributed by atoms with Gasteiger partial charge in [-0.15, -0.1) is 0 Å². The van der Waals surface area contributed by atoms with Gasteiger partial charge in [-0.3, -0.25) is 9.59 Å². The molecule has 0 aliphatic carbocycles. The molecule has 0 radical (unpaired) electrons. The molecule has 3 rings (SSSR count). The average Bonchev–Trinajstić information content (AvgIpc) is 2.73. The molecule has 0 heterocycles. The van der Waals surface area contributed by atoms with Crippen molar-refractivity contribution in [2.75, 3.05) is 5.32 Å². The summed E-state index contributed by atoms with van der Waals surface area (Å²) in [5, 5.41) is 1.13. The molecule has 1 unspecified atom stereocenters. The van der Waals surface area contributed by atoms with E-state index in [0.717, 1.165) is 24.3 Å². The van der Waals surface area contributed by atoms with Crippen LogP contribution < -0.4 is 5.32 Å². The number of nitrogens with one attached hydrogen (secondary N) is 1. The maximum atomic E-state index is 13.0. The van der Waals surface area contributed by atoms with Crippen LogP contribution in [0.1, 0.15) is 22.8 Å². The number of hydrogen-bond donors (Lipinski definition) is 1. The Morgan fingerprint density at radius 3 is 2.14 bits per heavy atom. The first kappa shape index (κ1) is 20.4. The molecule has 0 fully saturated rings. The lowest BCUT2D eigenvalue weighted by Crippen LogP contribution is -2.32. The van der Waals surface area contributed by atoms with Gasteiger partial charge in [0.15, 0.2) is 15.6 Å². The van der Waals surface area contributed by atoms with Crippen molar-refractivity contribution >= 4 is 27.2 Å². The predicted octanol–water partition coefficient (Wildman–Crippen LogP) is 3.86. The summed E-state index contributed by atoms with van der Waals surface area (Å²) in [5.41, 5.74) is 1.17. The Balaban J connectivity index is 1.78. The monoisotopic (exact) mass is 411 g/mol. The highest BCUT2D eigenvalue weighted by atomic mass is 32.2. The molecule has 1 amide bonds. The molecule has 0 bridgehead atoms. The van der Waals surface area contributed by atoms with Crippen molar-refractivity contribution in [1.82, 2.24) is 0 Å². The van der Waals surface area contributed by atoms with E-state index in [4.69, 9.17) is 0 Å². The van der Waals surface area contributed by atoms with Crippen LogP contribution in [0.5, 0.6) is 0 Å². The Kier molecular flexibility index (Phi) is 5.89. The van der Waals surface area contributed by atoms with Gasteiger partial charge in [0.25, 0.3) is 0 Å². The van der Waals surface area contributed by atoms with Crippen LogP contribution in [0.3, 0.4) is 0 Å². The number of carbonyl (C=O) groups excluding carboxylic acids is 2. The van der Waals surface area contributed by atoms with Crippen molar-refractivity contribution < 1.29 is 22.4 Å². The van der Waals surface area contributed by atoms with Gasteiger partial charge in [0.05, 0.1) is 4.90 Å². The normalized spacial score (nSPS) is 12.2. The third-order valence-electron chi connectivity index (χ3n) is 4.41. The lowest BCUT2D eigenvalue weighted by molar-refractivity contribution is -0.115. The molecular formula is C22H18FNO4S. The van der Waals surface area contributed by atoms with Crippen LogP contribution in [0.25, 0.3) is 0 Å². The Morgan fingerprint density at radius 2 is 1.48 bits per heavy atom. The summed E-state index contributed by atoms with van der Waals surface area (Å²) in [4.78, 5) is 24.9. The third kappa shape index (κ3) is 4.57. The molecule has 0 saturated heterocycles. The minimum atomic E-state index is -3.99. The van der Waals surface area contributed by atoms with Crippen LogP contribution in [0, 0.1) is 5.82 Å². The first-order chi connectivity index (χ1) is 13.8. The minimum absolute atomic E-state index is 0.144. The second kappa shape index (κ2) is 8.36. The number of ketones is 1. The van der Waals surface area contributed by atoms with E-state index >= 15 is 0 Å². The van der Waals surface area contributed by atoms with Crippen LogP contribution in [-0.2, 0) is 14.6 Å². The Labute approximate surface area is 168 Å². The molecular weight excluding hydrogens is 393 g/mol. The molecule has 0 aliphatic rings. The van der Waals surface area contributed by atoms with E-state index in [2.05, 4.69) is 5.32 Å². The maximum Gasteiger partial charge on any atom is 0.242 e. The van der Waals surface area contributed by atoms with Gasteiger partial charge in [0, 0.05) is 16.8 Å². The molecule has 29 heavy (non-hydrogen) atoms. The molecule has 3 aromatic carbocycles. The van der Waals surface area contributed by atoms with Crippen LogP contribution in [-0.4, -0.2) is 25.4 Å². The SMILES string of the molecule is CC(C(=O)Nc1cccc(C(=O)c2ccccc2)c1)S(=O)(=O)c1ccc(F)cc1. The molecule has 1 N–H and O–H groups in total. The van der Waals surface area contributed by atoms with E-state index in [0.29, 0.717) is 16.8 Å². The van der Waals surface area contributed by atoms with Gasteiger partial charge in [-0.2, -0.15) is 0 Å². The highest BCUT2D eigenvalue weighted by Crippen LogP contribution is 2.19. The second-order valence-electron chi connectivity index (χ2n) is 6.41. The lowest BCUT2D eigenvalue weighted by atomic mass is 10.0. The summed E-state index contributed by atoms with van der Waals surface area (Å²) in [7, 11) is -3.99. The van der Waals surface area contributed by atoms with Gasteiger partial charge in [0.2, 0.25) is 5.91 Å². The van der Waals surface area contributed by atoms with Crippen molar-refractivity contribution in [3.05, 3.63) is 95.8 Å². The number of sulfone groups is 1. The van der Waals surface area contributed by atoms with E-state index in [1.807, 2.05) is 0 Å². The van der Waals surface area contributed by atoms with Gasteiger partial charge in [-0.1, -0.05) is 42.5 Å². The molecule has 1 atom stereocenters. The molecule has 0 saturated carbocycles. The van der Waals surface area contributed by atoms with E-state index < -0.39 is 26.8 Å². The van der Waals surface area contributed by atoms with E-state index in [1.165, 1.54) is 13.0 Å². The first-order valence-electron chi connectivity index (χ1n) is 8.79. The number of hydrogen-bond acceptors (Lipinski definition) is 4. The summed E-state index contributed by atoms with van der Waals surface area (Å²) >= 11 is 0. The third-order valence-corrected chi connectivity index (χ3v) is 6.48. The van der Waals surface area contributed by atoms with Crippen molar-refractivity contribution in [3.8, 4) is 0 Å². The molecule has 3 aromatic rings. The van der Waals surface area contributed by atoms with Crippen LogP contribution in [0.4, 0.5) is 10.1 Å². The fraction of sp³-hybridized carbons (Fsp3) is 0.0909. The summed E-state index contributed by atoms with van der Waals surface area (Å²) in [5.74, 6) is -1.53. The largest absolute Gasteiger partial charge is 0.325 e. The number of amides is 1. The van der Waals surface area contributed by atoms with Crippen molar-refractivity contribution in [1.29, 1.82) is 0 Å². The predicted molar refractivity (Wildman–Crippen MR) is 108 cm³/mol. The number of anilines is 1. The zero-order valence-electron chi connectivity index (χ0n) is 15.5. The maximum absolute atomic E-state index is 13.0. The van der Waals surface area contributed by atoms with Gasteiger partial charge >= 0.3 is 0 Å². The number of carbonyl (C=O) groups is 2. The van der Waals surface area contributed by atoms with Gasteiger partial charge in [0.1, 0.15) is 11.1 Å². The minimum Gasteiger partial charge on any atom is -0.325 e. The molecule has 148 valence electrons. The zero-order valence-corrected chi connectivity index (χ0v) is 16.3. The molecule has 0 spiro atoms. The zero-order chi connectivity index (χ0) is 21.0. The summed E-state index contributed by atoms with van der Waals surface area (Å²) < 4.78 is 38.2. The Hall–Kier alpha value is -3.32. The number of halogens is 1. The van der Waals surface area contributed by atoms with E-state index in [9.17, 15) is 22.4 Å². The Bertz CT molecular complexity index is 1140. The summed E-state index contributed by atoms with van der Waals surface area (Å²) in [6, 6.07) is 19.2. The first-order valence-corrected chi connectivity index (χ1v) is 10.3. The number of rotatable bonds is 6. The molecule has 5 nitrogen and oxygen atoms in total. The second-order valence-corrected chi connectivity index (χ2v) is 8.67. The van der Waals surface area contributed by atoms with Gasteiger partial charge < -0.3 is 5.32 Å². The lowest BCUT2D eigenvalue weighted by Gasteiger charge is -2.14. The smallest absolute Gasteiger partial charge is 0.242 e. The fourth-order valence-electron chi connectivity index (χ4n) is 2.71. The van der Waals surface area contributed by atoms with Crippen molar-refractivity contribution in [3.63, 3.8) is 0 Å². The topological polar surface area (TPSA) is 80.3 Å². The highest BCUT2D eigenvalue weighted by Gasteiger charge is 2.30. The quantitative estimate of drug-likeness (QED) is 0.493. The number of benzene rings is 3. The summed E-state index contributed by atoms with van der Waals surface area (Å²) in [6.45, 7) is 1.26. The summed E-state index contributed by atoms with van der Waals surface area (Å²) in [6.07, 6.45) is 0. The van der Waals surface area contributed by atoms with Gasteiger partial charge in [-0.25, -0.2) is 12.8 Å². The molecule has 7 heteroatoms. The van der Waals surface area contributed by atoms with E-state index in [-0.39, 0.29) is 10.7 Å². The highest BCUT2D eigenvalue weighted by molar-refractivity contribution is 7.92. The molecule has 0 aromatic heterocycles. The molecule has 0 aliphatic heterocycles. The average molecular weight is 411 g/mol. The van der Waals surface area contributed by atoms with Crippen LogP contribution >= 0.6 is 0 Å². The van der Waals surface area contributed by atoms with Crippen LogP contribution in [0.2, 0.25) is 0 Å². The van der Waals surface area contributed by atoms with Gasteiger partial charge in [-0.05, 0) is 43.3 Å².